The van der Waals surface area contributed by atoms with Crippen LogP contribution in [0.15, 0.2) is 17.5 Å². The fourth-order valence-electron chi connectivity index (χ4n) is 4.61. The van der Waals surface area contributed by atoms with Crippen molar-refractivity contribution in [3.63, 3.8) is 0 Å². The second-order valence-electron chi connectivity index (χ2n) is 7.29. The number of likely N-dealkylation sites (tertiary alicyclic amines) is 1. The van der Waals surface area contributed by atoms with Gasteiger partial charge in [0.2, 0.25) is 0 Å². The Morgan fingerprint density at radius 2 is 2.29 bits per heavy atom. The summed E-state index contributed by atoms with van der Waals surface area (Å²) in [5, 5.41) is 2.15. The normalized spacial score (nSPS) is 24.0. The standard InChI is InChI=1S/C20H26N2OS/c1-3-16-13(2)21-18-11-14-6-8-22(9-7-15-5-4-10-24-15)12-17(14)20(23)19(16)18/h4-5,10,14,17,21H,3,6-9,11-12H2,1-2H3/t14-,17+/m0/s1. The summed E-state index contributed by atoms with van der Waals surface area (Å²) in [7, 11) is 0. The first-order valence-electron chi connectivity index (χ1n) is 9.16. The molecule has 0 radical (unpaired) electrons. The largest absolute Gasteiger partial charge is 0.362 e. The Morgan fingerprint density at radius 1 is 1.42 bits per heavy atom. The highest BCUT2D eigenvalue weighted by atomic mass is 32.1. The summed E-state index contributed by atoms with van der Waals surface area (Å²) in [5.74, 6) is 1.14. The average Bonchev–Trinajstić information content (AvgIpc) is 3.20. The first-order chi connectivity index (χ1) is 11.7. The lowest BCUT2D eigenvalue weighted by Gasteiger charge is -2.40. The van der Waals surface area contributed by atoms with Gasteiger partial charge in [0.25, 0.3) is 0 Å². The topological polar surface area (TPSA) is 36.1 Å². The summed E-state index contributed by atoms with van der Waals surface area (Å²) in [6.07, 6.45) is 4.27. The molecule has 0 aromatic carbocycles. The summed E-state index contributed by atoms with van der Waals surface area (Å²) in [5.41, 5.74) is 4.70. The number of aromatic nitrogens is 1. The van der Waals surface area contributed by atoms with Crippen molar-refractivity contribution in [2.24, 2.45) is 11.8 Å². The van der Waals surface area contributed by atoms with E-state index in [0.29, 0.717) is 11.7 Å². The highest BCUT2D eigenvalue weighted by Gasteiger charge is 2.41. The number of ketones is 1. The molecular weight excluding hydrogens is 316 g/mol. The fourth-order valence-corrected chi connectivity index (χ4v) is 5.31. The van der Waals surface area contributed by atoms with Crippen LogP contribution in [0.2, 0.25) is 0 Å². The number of Topliss-reactive ketones (excluding diaryl/α,β-unsaturated/α-hetero) is 1. The van der Waals surface area contributed by atoms with Crippen molar-refractivity contribution in [3.05, 3.63) is 44.9 Å². The van der Waals surface area contributed by atoms with Gasteiger partial charge in [-0.1, -0.05) is 13.0 Å². The monoisotopic (exact) mass is 342 g/mol. The molecule has 2 aliphatic rings. The molecule has 2 aromatic rings. The van der Waals surface area contributed by atoms with Crippen molar-refractivity contribution in [1.29, 1.82) is 0 Å². The molecule has 3 nitrogen and oxygen atoms in total. The van der Waals surface area contributed by atoms with E-state index >= 15 is 0 Å². The second kappa shape index (κ2) is 6.49. The molecule has 2 atom stereocenters. The summed E-state index contributed by atoms with van der Waals surface area (Å²) < 4.78 is 0. The van der Waals surface area contributed by atoms with Gasteiger partial charge in [0.15, 0.2) is 5.78 Å². The zero-order valence-corrected chi connectivity index (χ0v) is 15.4. The van der Waals surface area contributed by atoms with Crippen LogP contribution < -0.4 is 0 Å². The Bertz CT molecular complexity index is 731. The Labute approximate surface area is 148 Å². The number of hydrogen-bond acceptors (Lipinski definition) is 3. The molecule has 0 bridgehead atoms. The summed E-state index contributed by atoms with van der Waals surface area (Å²) >= 11 is 1.84. The highest BCUT2D eigenvalue weighted by molar-refractivity contribution is 7.09. The molecule has 0 unspecified atom stereocenters. The van der Waals surface area contributed by atoms with E-state index in [0.717, 1.165) is 50.9 Å². The maximum absolute atomic E-state index is 13.2. The van der Waals surface area contributed by atoms with E-state index in [2.05, 4.69) is 41.2 Å². The molecule has 1 N–H and O–H groups in total. The summed E-state index contributed by atoms with van der Waals surface area (Å²) in [6, 6.07) is 4.34. The predicted molar refractivity (Wildman–Crippen MR) is 99.0 cm³/mol. The van der Waals surface area contributed by atoms with E-state index in [-0.39, 0.29) is 5.92 Å². The van der Waals surface area contributed by atoms with Crippen molar-refractivity contribution in [3.8, 4) is 0 Å². The lowest BCUT2D eigenvalue weighted by molar-refractivity contribution is 0.0663. The molecule has 0 saturated carbocycles. The van der Waals surface area contributed by atoms with Gasteiger partial charge in [-0.3, -0.25) is 4.79 Å². The maximum Gasteiger partial charge on any atom is 0.169 e. The first kappa shape index (κ1) is 16.1. The third-order valence-electron chi connectivity index (χ3n) is 5.89. The van der Waals surface area contributed by atoms with Crippen LogP contribution in [0.4, 0.5) is 0 Å². The number of aryl methyl sites for hydroxylation is 1. The number of nitrogens with zero attached hydrogens (tertiary/aromatic N) is 1. The average molecular weight is 343 g/mol. The summed E-state index contributed by atoms with van der Waals surface area (Å²) in [4.78, 5) is 20.6. The Morgan fingerprint density at radius 3 is 3.04 bits per heavy atom. The molecule has 1 aliphatic carbocycles. The Kier molecular flexibility index (Phi) is 4.35. The number of rotatable bonds is 4. The lowest BCUT2D eigenvalue weighted by Crippen LogP contribution is -2.47. The van der Waals surface area contributed by atoms with Crippen molar-refractivity contribution >= 4 is 17.1 Å². The number of fused-ring (bicyclic) bond motifs is 2. The van der Waals surface area contributed by atoms with Crippen LogP contribution in [-0.2, 0) is 19.3 Å². The number of carbonyl (C=O) groups excluding carboxylic acids is 1. The Hall–Kier alpha value is -1.39. The molecule has 3 heterocycles. The second-order valence-corrected chi connectivity index (χ2v) is 8.32. The molecule has 2 aromatic heterocycles. The smallest absolute Gasteiger partial charge is 0.169 e. The van der Waals surface area contributed by atoms with E-state index in [1.165, 1.54) is 21.8 Å². The molecule has 0 spiro atoms. The van der Waals surface area contributed by atoms with E-state index < -0.39 is 0 Å². The van der Waals surface area contributed by atoms with Gasteiger partial charge in [0.1, 0.15) is 0 Å². The molecule has 1 fully saturated rings. The van der Waals surface area contributed by atoms with Gasteiger partial charge in [-0.05, 0) is 62.1 Å². The van der Waals surface area contributed by atoms with Gasteiger partial charge in [-0.25, -0.2) is 0 Å². The Balaban J connectivity index is 1.50. The molecule has 24 heavy (non-hydrogen) atoms. The third-order valence-corrected chi connectivity index (χ3v) is 6.83. The molecule has 128 valence electrons. The first-order valence-corrected chi connectivity index (χ1v) is 10.0. The van der Waals surface area contributed by atoms with Crippen molar-refractivity contribution in [1.82, 2.24) is 9.88 Å². The number of nitrogens with one attached hydrogen (secondary N) is 1. The number of piperidine rings is 1. The molecular formula is C20H26N2OS. The van der Waals surface area contributed by atoms with Gasteiger partial charge in [0, 0.05) is 40.8 Å². The van der Waals surface area contributed by atoms with Crippen molar-refractivity contribution in [2.75, 3.05) is 19.6 Å². The van der Waals surface area contributed by atoms with E-state index in [1.54, 1.807) is 0 Å². The number of thiophene rings is 1. The van der Waals surface area contributed by atoms with Crippen LogP contribution in [0.3, 0.4) is 0 Å². The quantitative estimate of drug-likeness (QED) is 0.916. The summed E-state index contributed by atoms with van der Waals surface area (Å²) in [6.45, 7) is 7.43. The molecule has 0 amide bonds. The van der Waals surface area contributed by atoms with Gasteiger partial charge < -0.3 is 9.88 Å². The predicted octanol–water partition coefficient (Wildman–Crippen LogP) is 3.87. The van der Waals surface area contributed by atoms with E-state index in [9.17, 15) is 4.79 Å². The SMILES string of the molecule is CCc1c(C)[nH]c2c1C(=O)[C@@H]1CN(CCc3cccs3)CC[C@H]1C2. The minimum Gasteiger partial charge on any atom is -0.362 e. The molecule has 1 saturated heterocycles. The van der Waals surface area contributed by atoms with Crippen LogP contribution in [0.1, 0.15) is 45.5 Å². The molecule has 4 rings (SSSR count). The van der Waals surface area contributed by atoms with Gasteiger partial charge in [-0.2, -0.15) is 0 Å². The number of hydrogen-bond donors (Lipinski definition) is 1. The van der Waals surface area contributed by atoms with Gasteiger partial charge in [-0.15, -0.1) is 11.3 Å². The van der Waals surface area contributed by atoms with E-state index in [1.807, 2.05) is 11.3 Å². The van der Waals surface area contributed by atoms with Crippen LogP contribution in [-0.4, -0.2) is 35.3 Å². The third kappa shape index (κ3) is 2.76. The van der Waals surface area contributed by atoms with Crippen molar-refractivity contribution < 1.29 is 4.79 Å². The van der Waals surface area contributed by atoms with Crippen LogP contribution in [0, 0.1) is 18.8 Å². The fraction of sp³-hybridized carbons (Fsp3) is 0.550. The van der Waals surface area contributed by atoms with Crippen molar-refractivity contribution in [2.45, 2.75) is 39.5 Å². The van der Waals surface area contributed by atoms with Crippen LogP contribution in [0.5, 0.6) is 0 Å². The highest BCUT2D eigenvalue weighted by Crippen LogP contribution is 2.38. The maximum atomic E-state index is 13.2. The van der Waals surface area contributed by atoms with Crippen LogP contribution in [0.25, 0.3) is 0 Å². The number of aromatic amines is 1. The minimum atomic E-state index is 0.204. The molecule has 1 aliphatic heterocycles. The van der Waals surface area contributed by atoms with E-state index in [4.69, 9.17) is 0 Å². The lowest BCUT2D eigenvalue weighted by atomic mass is 9.72. The zero-order chi connectivity index (χ0) is 16.7. The number of carbonyl (C=O) groups is 1. The zero-order valence-electron chi connectivity index (χ0n) is 14.6. The van der Waals surface area contributed by atoms with Gasteiger partial charge in [0.05, 0.1) is 0 Å². The minimum absolute atomic E-state index is 0.204. The number of H-pyrrole nitrogens is 1. The molecule has 4 heteroatoms. The van der Waals surface area contributed by atoms with Crippen LogP contribution >= 0.6 is 11.3 Å². The van der Waals surface area contributed by atoms with Gasteiger partial charge >= 0.3 is 0 Å².